The Balaban J connectivity index is 1.02. The van der Waals surface area contributed by atoms with E-state index >= 15 is 0 Å². The Morgan fingerprint density at radius 1 is 0.793 bits per heavy atom. The van der Waals surface area contributed by atoms with Crippen LogP contribution >= 0.6 is 0 Å². The summed E-state index contributed by atoms with van der Waals surface area (Å²) in [5, 5.41) is 36.4. The minimum Gasteiger partial charge on any atom is -0.508 e. The molecule has 7 rings (SSSR count). The van der Waals surface area contributed by atoms with E-state index in [2.05, 4.69) is 17.6 Å². The first-order valence-corrected chi connectivity index (χ1v) is 19.4. The number of ether oxygens (including phenoxy) is 3. The van der Waals surface area contributed by atoms with Crippen molar-refractivity contribution in [1.29, 1.82) is 0 Å². The molecule has 0 spiro atoms. The molecule has 5 atom stereocenters. The number of rotatable bonds is 14. The van der Waals surface area contributed by atoms with E-state index < -0.39 is 12.4 Å². The zero-order valence-corrected chi connectivity index (χ0v) is 32.6. The van der Waals surface area contributed by atoms with Crippen molar-refractivity contribution in [3.05, 3.63) is 179 Å². The van der Waals surface area contributed by atoms with Crippen molar-refractivity contribution >= 4 is 11.7 Å². The van der Waals surface area contributed by atoms with Crippen molar-refractivity contribution in [2.24, 2.45) is 5.92 Å². The Morgan fingerprint density at radius 2 is 1.48 bits per heavy atom. The second-order valence-electron chi connectivity index (χ2n) is 14.7. The first-order valence-electron chi connectivity index (χ1n) is 19.4. The van der Waals surface area contributed by atoms with E-state index in [9.17, 15) is 20.1 Å². The lowest BCUT2D eigenvalue weighted by atomic mass is 9.90. The quantitative estimate of drug-likeness (QED) is 0.0740. The molecule has 1 aliphatic heterocycles. The number of carbonyl (C=O) groups excluding carboxylic acids is 1. The number of hydrogen-bond acceptors (Lipinski definition) is 8. The smallest absolute Gasteiger partial charge is 0.319 e. The summed E-state index contributed by atoms with van der Waals surface area (Å²) in [6.07, 6.45) is -2.00. The summed E-state index contributed by atoms with van der Waals surface area (Å²) in [5.41, 5.74) is 6.88. The Kier molecular flexibility index (Phi) is 13.1. The highest BCUT2D eigenvalue weighted by Crippen LogP contribution is 2.42. The van der Waals surface area contributed by atoms with Crippen molar-refractivity contribution in [3.8, 4) is 28.4 Å². The molecule has 5 N–H and O–H groups in total. The molecule has 1 heterocycles. The van der Waals surface area contributed by atoms with E-state index in [1.165, 1.54) is 0 Å². The Morgan fingerprint density at radius 3 is 2.21 bits per heavy atom. The van der Waals surface area contributed by atoms with Gasteiger partial charge >= 0.3 is 6.03 Å². The van der Waals surface area contributed by atoms with Gasteiger partial charge in [0.15, 0.2) is 6.29 Å². The number of benzene rings is 6. The fraction of sp³-hybridized carbons (Fsp3) is 0.229. The van der Waals surface area contributed by atoms with Crippen molar-refractivity contribution in [2.45, 2.75) is 44.7 Å². The normalized spacial score (nSPS) is 18.4. The van der Waals surface area contributed by atoms with Gasteiger partial charge in [0.2, 0.25) is 0 Å². The summed E-state index contributed by atoms with van der Waals surface area (Å²) >= 11 is 0. The van der Waals surface area contributed by atoms with Crippen LogP contribution in [0.15, 0.2) is 152 Å². The predicted molar refractivity (Wildman–Crippen MR) is 224 cm³/mol. The van der Waals surface area contributed by atoms with Crippen LogP contribution in [0.3, 0.4) is 0 Å². The number of nitrogens with zero attached hydrogens (tertiary/aromatic N) is 1. The van der Waals surface area contributed by atoms with Gasteiger partial charge in [-0.05, 0) is 89.0 Å². The summed E-state index contributed by atoms with van der Waals surface area (Å²) < 4.78 is 19.2. The number of aliphatic hydroxyl groups excluding tert-OH is 2. The molecular formula is C48H49N3O7. The highest BCUT2D eigenvalue weighted by atomic mass is 16.7. The molecule has 1 fully saturated rings. The molecular weight excluding hydrogens is 731 g/mol. The Bertz CT molecular complexity index is 2230. The van der Waals surface area contributed by atoms with Crippen molar-refractivity contribution in [3.63, 3.8) is 0 Å². The summed E-state index contributed by atoms with van der Waals surface area (Å²) in [4.78, 5) is 15.0. The van der Waals surface area contributed by atoms with Gasteiger partial charge in [-0.25, -0.2) is 4.79 Å². The second kappa shape index (κ2) is 19.0. The minimum atomic E-state index is -0.789. The molecule has 10 heteroatoms. The minimum absolute atomic E-state index is 0.0404. The van der Waals surface area contributed by atoms with E-state index in [-0.39, 0.29) is 36.5 Å². The molecule has 0 aliphatic carbocycles. The molecule has 0 aromatic heterocycles. The first kappa shape index (κ1) is 40.2. The highest BCUT2D eigenvalue weighted by Gasteiger charge is 2.39. The Hall–Kier alpha value is -6.01. The molecule has 1 aliphatic rings. The molecule has 58 heavy (non-hydrogen) atoms. The number of aromatic hydroxyl groups is 1. The lowest BCUT2D eigenvalue weighted by Gasteiger charge is -2.42. The van der Waals surface area contributed by atoms with Gasteiger partial charge in [-0.15, -0.1) is 0 Å². The zero-order valence-electron chi connectivity index (χ0n) is 32.6. The molecule has 1 saturated heterocycles. The number of phenols is 1. The molecule has 10 nitrogen and oxygen atoms in total. The number of aliphatic hydroxyl groups is 2. The summed E-state index contributed by atoms with van der Waals surface area (Å²) in [6, 6.07) is 47.0. The van der Waals surface area contributed by atoms with Gasteiger partial charge in [0.05, 0.1) is 24.9 Å². The average molecular weight is 780 g/mol. The monoisotopic (exact) mass is 779 g/mol. The molecule has 298 valence electrons. The Labute approximate surface area is 339 Å². The topological polar surface area (TPSA) is 133 Å². The van der Waals surface area contributed by atoms with Gasteiger partial charge in [0, 0.05) is 36.8 Å². The van der Waals surface area contributed by atoms with E-state index in [0.29, 0.717) is 36.6 Å². The molecule has 0 saturated carbocycles. The van der Waals surface area contributed by atoms with Gasteiger partial charge in [-0.2, -0.15) is 0 Å². The third kappa shape index (κ3) is 10.3. The maximum Gasteiger partial charge on any atom is 0.319 e. The van der Waals surface area contributed by atoms with E-state index in [4.69, 9.17) is 14.2 Å². The largest absolute Gasteiger partial charge is 0.508 e. The second-order valence-corrected chi connectivity index (χ2v) is 14.7. The summed E-state index contributed by atoms with van der Waals surface area (Å²) in [7, 11) is 1.95. The van der Waals surface area contributed by atoms with Gasteiger partial charge in [0.25, 0.3) is 0 Å². The van der Waals surface area contributed by atoms with Crippen LogP contribution in [-0.4, -0.2) is 52.5 Å². The number of phenolic OH excluding ortho intramolecular Hbond substituents is 1. The van der Waals surface area contributed by atoms with Crippen LogP contribution in [0.1, 0.15) is 53.2 Å². The predicted octanol–water partition coefficient (Wildman–Crippen LogP) is 9.12. The lowest BCUT2D eigenvalue weighted by molar-refractivity contribution is -0.276. The van der Waals surface area contributed by atoms with Crippen LogP contribution < -0.4 is 15.4 Å². The van der Waals surface area contributed by atoms with Gasteiger partial charge in [-0.3, -0.25) is 0 Å². The summed E-state index contributed by atoms with van der Waals surface area (Å²) in [5.74, 6) is 1.48. The number of nitrogens with one attached hydrogen (secondary N) is 2. The molecule has 0 bridgehead atoms. The van der Waals surface area contributed by atoms with Gasteiger partial charge in [-0.1, -0.05) is 110 Å². The van der Waals surface area contributed by atoms with Crippen LogP contribution in [0, 0.1) is 5.92 Å². The number of hydrogen-bond donors (Lipinski definition) is 5. The fourth-order valence-electron chi connectivity index (χ4n) is 7.20. The maximum absolute atomic E-state index is 12.9. The van der Waals surface area contributed by atoms with Crippen LogP contribution in [0.2, 0.25) is 0 Å². The third-order valence-corrected chi connectivity index (χ3v) is 10.4. The fourth-order valence-corrected chi connectivity index (χ4v) is 7.20. The number of carbonyl (C=O) groups is 1. The van der Waals surface area contributed by atoms with Crippen molar-refractivity contribution in [2.75, 3.05) is 25.5 Å². The number of amides is 2. The zero-order chi connectivity index (χ0) is 40.4. The molecule has 0 unspecified atom stereocenters. The molecule has 6 aromatic carbocycles. The average Bonchev–Trinajstić information content (AvgIpc) is 3.25. The number of para-hydroxylation sites is 1. The van der Waals surface area contributed by atoms with Crippen LogP contribution in [0.5, 0.6) is 17.2 Å². The summed E-state index contributed by atoms with van der Waals surface area (Å²) in [6.45, 7) is 3.26. The van der Waals surface area contributed by atoms with E-state index in [1.54, 1.807) is 36.4 Å². The third-order valence-electron chi connectivity index (χ3n) is 10.4. The molecule has 0 radical (unpaired) electrons. The van der Waals surface area contributed by atoms with E-state index in [0.717, 1.165) is 39.1 Å². The number of anilines is 1. The SMILES string of the molecule is C[C@@H]1[C@H](CN(C)C[C@@H](O)c2cccc(O)c2)O[C@H](c2ccc(-c3ccccc3CNC(=O)Nc3ccc(Oc4ccccc4)cc3)cc2)O[C@@H]1c1ccc(CO)cc1. The number of likely N-dealkylation sites (N-methyl/N-ethyl adjacent to an activating group) is 1. The van der Waals surface area contributed by atoms with E-state index in [1.807, 2.05) is 127 Å². The standard InChI is InChI=1S/C48H49N3O7/c1-32-45(30-51(2)29-44(54)37-10-8-11-40(53)27-37)57-47(58-46(32)35-17-15-33(31-52)16-18-35)36-21-19-34(20-22-36)43-14-7-6-9-38(43)28-49-48(55)50-39-23-25-42(26-24-39)56-41-12-4-3-5-13-41/h3-27,32,44-47,52-54H,28-31H2,1-2H3,(H2,49,50,55)/t32-,44-,45+,46+,47+/m1/s1. The van der Waals surface area contributed by atoms with Gasteiger partial charge in [0.1, 0.15) is 17.2 Å². The maximum atomic E-state index is 12.9. The highest BCUT2D eigenvalue weighted by molar-refractivity contribution is 5.89. The van der Waals surface area contributed by atoms with Crippen LogP contribution in [0.25, 0.3) is 11.1 Å². The first-order chi connectivity index (χ1) is 28.2. The lowest BCUT2D eigenvalue weighted by Crippen LogP contribution is -2.44. The van der Waals surface area contributed by atoms with Crippen molar-refractivity contribution < 1.29 is 34.3 Å². The number of urea groups is 1. The van der Waals surface area contributed by atoms with Crippen molar-refractivity contribution in [1.82, 2.24) is 10.2 Å². The van der Waals surface area contributed by atoms with Crippen LogP contribution in [0.4, 0.5) is 10.5 Å². The van der Waals surface area contributed by atoms with Gasteiger partial charge < -0.3 is 45.1 Å². The molecule has 2 amide bonds. The molecule has 6 aromatic rings. The van der Waals surface area contributed by atoms with Crippen LogP contribution in [-0.2, 0) is 22.6 Å².